The van der Waals surface area contributed by atoms with E-state index in [0.717, 1.165) is 18.4 Å². The van der Waals surface area contributed by atoms with Crippen molar-refractivity contribution in [3.63, 3.8) is 0 Å². The molecule has 1 fully saturated rings. The second-order valence-corrected chi connectivity index (χ2v) is 6.91. The molecule has 0 spiro atoms. The standard InChI is InChI=1S/C16H19ClN2O4S/c1-10(15(21)19-16(22)18-13-5-6-13)23-14(20)9-24-8-11-3-2-4-12(17)7-11/h2-4,7,10,13H,5-6,8-9H2,1H3,(H2,18,19,21,22). The predicted octanol–water partition coefficient (Wildman–Crippen LogP) is 2.49. The molecule has 2 rings (SSSR count). The van der Waals surface area contributed by atoms with Crippen LogP contribution in [-0.2, 0) is 20.1 Å². The van der Waals surface area contributed by atoms with Crippen molar-refractivity contribution in [3.05, 3.63) is 34.9 Å². The summed E-state index contributed by atoms with van der Waals surface area (Å²) in [5.41, 5.74) is 1.00. The number of benzene rings is 1. The molecule has 1 atom stereocenters. The lowest BCUT2D eigenvalue weighted by Gasteiger charge is -2.13. The van der Waals surface area contributed by atoms with Crippen LogP contribution in [0.1, 0.15) is 25.3 Å². The Morgan fingerprint density at radius 1 is 1.38 bits per heavy atom. The van der Waals surface area contributed by atoms with Gasteiger partial charge in [-0.15, -0.1) is 11.8 Å². The summed E-state index contributed by atoms with van der Waals surface area (Å²) in [7, 11) is 0. The highest BCUT2D eigenvalue weighted by molar-refractivity contribution is 7.99. The average molecular weight is 371 g/mol. The molecule has 0 aromatic heterocycles. The normalized spacial score (nSPS) is 14.6. The van der Waals surface area contributed by atoms with E-state index in [0.29, 0.717) is 10.8 Å². The van der Waals surface area contributed by atoms with Crippen LogP contribution in [0.15, 0.2) is 24.3 Å². The molecule has 3 amide bonds. The summed E-state index contributed by atoms with van der Waals surface area (Å²) in [6, 6.07) is 6.96. The molecular weight excluding hydrogens is 352 g/mol. The Morgan fingerprint density at radius 2 is 2.12 bits per heavy atom. The van der Waals surface area contributed by atoms with Gasteiger partial charge in [0.1, 0.15) is 0 Å². The first-order chi connectivity index (χ1) is 11.4. The summed E-state index contributed by atoms with van der Waals surface area (Å²) in [5.74, 6) is -0.424. The second-order valence-electron chi connectivity index (χ2n) is 5.49. The molecule has 0 bridgehead atoms. The maximum Gasteiger partial charge on any atom is 0.321 e. The highest BCUT2D eigenvalue weighted by Gasteiger charge is 2.25. The minimum Gasteiger partial charge on any atom is -0.452 e. The Labute approximate surface area is 149 Å². The van der Waals surface area contributed by atoms with E-state index < -0.39 is 24.0 Å². The third-order valence-corrected chi connectivity index (χ3v) is 4.42. The van der Waals surface area contributed by atoms with E-state index in [1.54, 1.807) is 6.07 Å². The van der Waals surface area contributed by atoms with Crippen molar-refractivity contribution in [1.82, 2.24) is 10.6 Å². The molecule has 2 N–H and O–H groups in total. The van der Waals surface area contributed by atoms with Crippen molar-refractivity contribution in [3.8, 4) is 0 Å². The SMILES string of the molecule is CC(OC(=O)CSCc1cccc(Cl)c1)C(=O)NC(=O)NC1CC1. The highest BCUT2D eigenvalue weighted by Crippen LogP contribution is 2.18. The number of hydrogen-bond acceptors (Lipinski definition) is 5. The molecule has 130 valence electrons. The third-order valence-electron chi connectivity index (χ3n) is 3.20. The van der Waals surface area contributed by atoms with Crippen LogP contribution in [0.3, 0.4) is 0 Å². The van der Waals surface area contributed by atoms with Gasteiger partial charge >= 0.3 is 12.0 Å². The first kappa shape index (κ1) is 18.6. The van der Waals surface area contributed by atoms with Gasteiger partial charge in [-0.3, -0.25) is 14.9 Å². The molecule has 1 aromatic rings. The molecule has 24 heavy (non-hydrogen) atoms. The first-order valence-corrected chi connectivity index (χ1v) is 9.10. The molecule has 0 heterocycles. The Bertz CT molecular complexity index is 622. The van der Waals surface area contributed by atoms with E-state index in [1.807, 2.05) is 18.2 Å². The zero-order valence-electron chi connectivity index (χ0n) is 13.2. The van der Waals surface area contributed by atoms with Crippen LogP contribution in [0.2, 0.25) is 5.02 Å². The molecule has 0 saturated heterocycles. The average Bonchev–Trinajstić information content (AvgIpc) is 3.30. The van der Waals surface area contributed by atoms with Crippen LogP contribution in [0.25, 0.3) is 0 Å². The number of carbonyl (C=O) groups excluding carboxylic acids is 3. The van der Waals surface area contributed by atoms with Gasteiger partial charge in [-0.2, -0.15) is 0 Å². The van der Waals surface area contributed by atoms with Gasteiger partial charge in [0.15, 0.2) is 6.10 Å². The first-order valence-electron chi connectivity index (χ1n) is 7.57. The molecule has 1 unspecified atom stereocenters. The lowest BCUT2D eigenvalue weighted by molar-refractivity contribution is -0.151. The number of urea groups is 1. The van der Waals surface area contributed by atoms with Gasteiger partial charge in [-0.05, 0) is 37.5 Å². The maximum absolute atomic E-state index is 11.8. The van der Waals surface area contributed by atoms with Crippen LogP contribution in [0, 0.1) is 0 Å². The van der Waals surface area contributed by atoms with Gasteiger partial charge in [0.05, 0.1) is 5.75 Å². The van der Waals surface area contributed by atoms with Gasteiger partial charge in [-0.1, -0.05) is 23.7 Å². The van der Waals surface area contributed by atoms with E-state index in [1.165, 1.54) is 18.7 Å². The summed E-state index contributed by atoms with van der Waals surface area (Å²) < 4.78 is 5.02. The van der Waals surface area contributed by atoms with E-state index >= 15 is 0 Å². The number of ether oxygens (including phenoxy) is 1. The fraction of sp³-hybridized carbons (Fsp3) is 0.438. The zero-order valence-corrected chi connectivity index (χ0v) is 14.8. The van der Waals surface area contributed by atoms with Crippen molar-refractivity contribution < 1.29 is 19.1 Å². The quantitative estimate of drug-likeness (QED) is 0.720. The van der Waals surface area contributed by atoms with Crippen molar-refractivity contribution >= 4 is 41.3 Å². The molecule has 1 aliphatic carbocycles. The monoisotopic (exact) mass is 370 g/mol. The lowest BCUT2D eigenvalue weighted by Crippen LogP contribution is -2.45. The second kappa shape index (κ2) is 8.94. The van der Waals surface area contributed by atoms with E-state index in [9.17, 15) is 14.4 Å². The number of nitrogens with one attached hydrogen (secondary N) is 2. The fourth-order valence-electron chi connectivity index (χ4n) is 1.83. The molecule has 1 aromatic carbocycles. The fourth-order valence-corrected chi connectivity index (χ4v) is 2.79. The number of halogens is 1. The number of imide groups is 1. The van der Waals surface area contributed by atoms with Crippen LogP contribution in [-0.4, -0.2) is 35.8 Å². The summed E-state index contributed by atoms with van der Waals surface area (Å²) in [5, 5.41) is 5.42. The van der Waals surface area contributed by atoms with E-state index in [4.69, 9.17) is 16.3 Å². The van der Waals surface area contributed by atoms with Crippen LogP contribution >= 0.6 is 23.4 Å². The molecule has 6 nitrogen and oxygen atoms in total. The topological polar surface area (TPSA) is 84.5 Å². The summed E-state index contributed by atoms with van der Waals surface area (Å²) in [4.78, 5) is 34.9. The Morgan fingerprint density at radius 3 is 2.79 bits per heavy atom. The van der Waals surface area contributed by atoms with Crippen LogP contribution in [0.5, 0.6) is 0 Å². The van der Waals surface area contributed by atoms with Crippen molar-refractivity contribution in [1.29, 1.82) is 0 Å². The largest absolute Gasteiger partial charge is 0.452 e. The molecule has 1 aliphatic rings. The Kier molecular flexibility index (Phi) is 6.93. The smallest absolute Gasteiger partial charge is 0.321 e. The number of hydrogen-bond donors (Lipinski definition) is 2. The number of carbonyl (C=O) groups is 3. The summed E-state index contributed by atoms with van der Waals surface area (Å²) >= 11 is 7.25. The minimum atomic E-state index is -1.02. The van der Waals surface area contributed by atoms with Crippen molar-refractivity contribution in [2.45, 2.75) is 37.7 Å². The van der Waals surface area contributed by atoms with E-state index in [-0.39, 0.29) is 11.8 Å². The number of amides is 3. The number of thioether (sulfide) groups is 1. The summed E-state index contributed by atoms with van der Waals surface area (Å²) in [6.07, 6.45) is 0.834. The maximum atomic E-state index is 11.8. The Balaban J connectivity index is 1.65. The van der Waals surface area contributed by atoms with Gasteiger partial charge in [0.25, 0.3) is 5.91 Å². The Hall–Kier alpha value is -1.73. The molecule has 8 heteroatoms. The van der Waals surface area contributed by atoms with Gasteiger partial charge in [0, 0.05) is 16.8 Å². The zero-order chi connectivity index (χ0) is 17.5. The number of esters is 1. The third kappa shape index (κ3) is 6.80. The lowest BCUT2D eigenvalue weighted by atomic mass is 10.2. The van der Waals surface area contributed by atoms with Crippen LogP contribution in [0.4, 0.5) is 4.79 Å². The number of rotatable bonds is 7. The van der Waals surface area contributed by atoms with Gasteiger partial charge < -0.3 is 10.1 Å². The minimum absolute atomic E-state index is 0.110. The van der Waals surface area contributed by atoms with Crippen molar-refractivity contribution in [2.24, 2.45) is 0 Å². The predicted molar refractivity (Wildman–Crippen MR) is 92.9 cm³/mol. The highest BCUT2D eigenvalue weighted by atomic mass is 35.5. The molecule has 0 aliphatic heterocycles. The van der Waals surface area contributed by atoms with Gasteiger partial charge in [-0.25, -0.2) is 4.79 Å². The van der Waals surface area contributed by atoms with E-state index in [2.05, 4.69) is 10.6 Å². The molecule has 1 saturated carbocycles. The molecule has 0 radical (unpaired) electrons. The molecular formula is C16H19ClN2O4S. The summed E-state index contributed by atoms with van der Waals surface area (Å²) in [6.45, 7) is 1.43. The van der Waals surface area contributed by atoms with Crippen molar-refractivity contribution in [2.75, 3.05) is 5.75 Å². The van der Waals surface area contributed by atoms with Crippen LogP contribution < -0.4 is 10.6 Å². The van der Waals surface area contributed by atoms with Gasteiger partial charge in [0.2, 0.25) is 0 Å².